The number of rotatable bonds is 1. The number of hydrogen-bond acceptors (Lipinski definition) is 4. The molecule has 4 nitrogen and oxygen atoms in total. The molecule has 0 atom stereocenters. The van der Waals surface area contributed by atoms with Crippen LogP contribution in [0.2, 0.25) is 0 Å². The van der Waals surface area contributed by atoms with E-state index in [4.69, 9.17) is 5.11 Å². The van der Waals surface area contributed by atoms with Gasteiger partial charge in [0, 0.05) is 19.3 Å². The topological polar surface area (TPSA) is 49.2 Å². The molecule has 1 saturated heterocycles. The lowest BCUT2D eigenvalue weighted by Crippen LogP contribution is -2.51. The Morgan fingerprint density at radius 2 is 2.25 bits per heavy atom. The van der Waals surface area contributed by atoms with E-state index in [0.29, 0.717) is 13.1 Å². The van der Waals surface area contributed by atoms with E-state index in [-0.39, 0.29) is 18.5 Å². The molecule has 1 aromatic rings. The van der Waals surface area contributed by atoms with E-state index >= 15 is 0 Å². The van der Waals surface area contributed by atoms with Gasteiger partial charge in [0.05, 0.1) is 6.10 Å². The summed E-state index contributed by atoms with van der Waals surface area (Å²) < 4.78 is 0. The van der Waals surface area contributed by atoms with Crippen LogP contribution in [0.4, 0.5) is 5.82 Å². The van der Waals surface area contributed by atoms with Gasteiger partial charge in [-0.05, 0) is 12.1 Å². The lowest BCUT2D eigenvalue weighted by Gasteiger charge is -2.36. The minimum atomic E-state index is -0.183. The van der Waals surface area contributed by atoms with Gasteiger partial charge in [-0.2, -0.15) is 5.10 Å². The zero-order valence-corrected chi connectivity index (χ0v) is 7.24. The van der Waals surface area contributed by atoms with Crippen molar-refractivity contribution >= 4 is 18.2 Å². The molecule has 0 aromatic carbocycles. The number of aromatic nitrogens is 2. The van der Waals surface area contributed by atoms with Crippen molar-refractivity contribution in [3.63, 3.8) is 0 Å². The SMILES string of the molecule is Cl.OC1CN(c2cccnn2)C1. The van der Waals surface area contributed by atoms with Gasteiger partial charge < -0.3 is 10.0 Å². The van der Waals surface area contributed by atoms with Gasteiger partial charge in [0.1, 0.15) is 0 Å². The predicted octanol–water partition coefficient (Wildman–Crippen LogP) is 0.0793. The lowest BCUT2D eigenvalue weighted by atomic mass is 10.2. The van der Waals surface area contributed by atoms with Crippen molar-refractivity contribution < 1.29 is 5.11 Å². The normalized spacial score (nSPS) is 16.6. The van der Waals surface area contributed by atoms with E-state index in [0.717, 1.165) is 5.82 Å². The summed E-state index contributed by atoms with van der Waals surface area (Å²) in [5.74, 6) is 0.845. The lowest BCUT2D eigenvalue weighted by molar-refractivity contribution is 0.141. The van der Waals surface area contributed by atoms with Gasteiger partial charge in [0.25, 0.3) is 0 Å². The van der Waals surface area contributed by atoms with Gasteiger partial charge in [0.15, 0.2) is 5.82 Å². The van der Waals surface area contributed by atoms with Gasteiger partial charge in [-0.1, -0.05) is 0 Å². The van der Waals surface area contributed by atoms with Crippen molar-refractivity contribution in [2.75, 3.05) is 18.0 Å². The van der Waals surface area contributed by atoms with E-state index in [1.165, 1.54) is 0 Å². The summed E-state index contributed by atoms with van der Waals surface area (Å²) in [4.78, 5) is 1.98. The Kier molecular flexibility index (Phi) is 2.83. The molecule has 2 heterocycles. The highest BCUT2D eigenvalue weighted by Crippen LogP contribution is 2.15. The Morgan fingerprint density at radius 3 is 2.75 bits per heavy atom. The predicted molar refractivity (Wildman–Crippen MR) is 47.5 cm³/mol. The third-order valence-corrected chi connectivity index (χ3v) is 1.74. The largest absolute Gasteiger partial charge is 0.389 e. The number of aliphatic hydroxyl groups excluding tert-OH is 1. The molecule has 5 heteroatoms. The number of nitrogens with zero attached hydrogens (tertiary/aromatic N) is 3. The summed E-state index contributed by atoms with van der Waals surface area (Å²) in [6.45, 7) is 1.36. The van der Waals surface area contributed by atoms with Gasteiger partial charge in [-0.25, -0.2) is 0 Å². The molecule has 0 amide bonds. The quantitative estimate of drug-likeness (QED) is 0.677. The van der Waals surface area contributed by atoms with Crippen LogP contribution in [0.5, 0.6) is 0 Å². The Hall–Kier alpha value is -0.870. The fraction of sp³-hybridized carbons (Fsp3) is 0.429. The van der Waals surface area contributed by atoms with Crippen molar-refractivity contribution in [3.8, 4) is 0 Å². The van der Waals surface area contributed by atoms with Gasteiger partial charge in [-0.3, -0.25) is 0 Å². The molecule has 1 aromatic heterocycles. The smallest absolute Gasteiger partial charge is 0.151 e. The molecule has 1 N–H and O–H groups in total. The van der Waals surface area contributed by atoms with Crippen molar-refractivity contribution in [3.05, 3.63) is 18.3 Å². The Morgan fingerprint density at radius 1 is 1.50 bits per heavy atom. The molecule has 0 unspecified atom stereocenters. The second-order valence-corrected chi connectivity index (χ2v) is 2.64. The minimum Gasteiger partial charge on any atom is -0.389 e. The van der Waals surface area contributed by atoms with E-state index in [1.807, 2.05) is 17.0 Å². The summed E-state index contributed by atoms with van der Waals surface area (Å²) in [6, 6.07) is 3.73. The first-order valence-electron chi connectivity index (χ1n) is 3.57. The number of β-amino-alcohol motifs (C(OH)–C–C–N with tert-alkyl or cyclic N) is 1. The zero-order chi connectivity index (χ0) is 7.68. The van der Waals surface area contributed by atoms with Crippen LogP contribution in [0.1, 0.15) is 0 Å². The highest BCUT2D eigenvalue weighted by Gasteiger charge is 2.25. The van der Waals surface area contributed by atoms with Crippen LogP contribution < -0.4 is 4.90 Å². The molecule has 1 aliphatic rings. The summed E-state index contributed by atoms with van der Waals surface area (Å²) >= 11 is 0. The molecule has 0 spiro atoms. The molecule has 0 radical (unpaired) electrons. The molecular formula is C7H10ClN3O. The van der Waals surface area contributed by atoms with E-state index < -0.39 is 0 Å². The van der Waals surface area contributed by atoms with Crippen molar-refractivity contribution in [1.82, 2.24) is 10.2 Å². The zero-order valence-electron chi connectivity index (χ0n) is 6.42. The maximum absolute atomic E-state index is 8.99. The summed E-state index contributed by atoms with van der Waals surface area (Å²) in [5, 5.41) is 16.6. The number of halogens is 1. The first kappa shape index (κ1) is 9.22. The van der Waals surface area contributed by atoms with Crippen LogP contribution in [-0.2, 0) is 0 Å². The van der Waals surface area contributed by atoms with Gasteiger partial charge >= 0.3 is 0 Å². The molecule has 66 valence electrons. The van der Waals surface area contributed by atoms with Gasteiger partial charge in [0.2, 0.25) is 0 Å². The van der Waals surface area contributed by atoms with Crippen molar-refractivity contribution in [2.45, 2.75) is 6.10 Å². The Balaban J connectivity index is 0.000000720. The molecule has 2 rings (SSSR count). The number of aliphatic hydroxyl groups is 1. The summed E-state index contributed by atoms with van der Waals surface area (Å²) in [7, 11) is 0. The van der Waals surface area contributed by atoms with Gasteiger partial charge in [-0.15, -0.1) is 17.5 Å². The second-order valence-electron chi connectivity index (χ2n) is 2.64. The van der Waals surface area contributed by atoms with Crippen molar-refractivity contribution in [1.29, 1.82) is 0 Å². The molecule has 1 aliphatic heterocycles. The molecular weight excluding hydrogens is 178 g/mol. The van der Waals surface area contributed by atoms with E-state index in [2.05, 4.69) is 10.2 Å². The standard InChI is InChI=1S/C7H9N3O.ClH/c11-6-4-10(5-6)7-2-1-3-8-9-7;/h1-3,6,11H,4-5H2;1H. The van der Waals surface area contributed by atoms with Crippen LogP contribution in [0.3, 0.4) is 0 Å². The monoisotopic (exact) mass is 187 g/mol. The molecule has 1 fully saturated rings. The summed E-state index contributed by atoms with van der Waals surface area (Å²) in [5.41, 5.74) is 0. The Bertz CT molecular complexity index is 238. The maximum Gasteiger partial charge on any atom is 0.151 e. The first-order chi connectivity index (χ1) is 5.36. The van der Waals surface area contributed by atoms with E-state index in [1.54, 1.807) is 6.20 Å². The molecule has 12 heavy (non-hydrogen) atoms. The molecule has 0 aliphatic carbocycles. The fourth-order valence-corrected chi connectivity index (χ4v) is 1.10. The number of anilines is 1. The molecule has 0 saturated carbocycles. The van der Waals surface area contributed by atoms with Crippen LogP contribution in [0.15, 0.2) is 18.3 Å². The Labute approximate surface area is 76.6 Å². The second kappa shape index (κ2) is 3.69. The fourth-order valence-electron chi connectivity index (χ4n) is 1.10. The highest BCUT2D eigenvalue weighted by atomic mass is 35.5. The van der Waals surface area contributed by atoms with Crippen LogP contribution in [0, 0.1) is 0 Å². The van der Waals surface area contributed by atoms with Crippen molar-refractivity contribution in [2.24, 2.45) is 0 Å². The number of hydrogen-bond donors (Lipinski definition) is 1. The van der Waals surface area contributed by atoms with E-state index in [9.17, 15) is 0 Å². The maximum atomic E-state index is 8.99. The minimum absolute atomic E-state index is 0. The summed E-state index contributed by atoms with van der Waals surface area (Å²) in [6.07, 6.45) is 1.46. The third-order valence-electron chi connectivity index (χ3n) is 1.74. The highest BCUT2D eigenvalue weighted by molar-refractivity contribution is 5.85. The first-order valence-corrected chi connectivity index (χ1v) is 3.57. The van der Waals surface area contributed by atoms with Crippen LogP contribution >= 0.6 is 12.4 Å². The van der Waals surface area contributed by atoms with Crippen LogP contribution in [0.25, 0.3) is 0 Å². The average molecular weight is 188 g/mol. The molecule has 0 bridgehead atoms. The average Bonchev–Trinajstić information content (AvgIpc) is 2.01. The third kappa shape index (κ3) is 1.65. The van der Waals surface area contributed by atoms with Crippen LogP contribution in [-0.4, -0.2) is 34.5 Å².